The Labute approximate surface area is 199 Å². The van der Waals surface area contributed by atoms with E-state index < -0.39 is 34.7 Å². The number of halogens is 3. The molecule has 0 spiro atoms. The van der Waals surface area contributed by atoms with Gasteiger partial charge in [0.15, 0.2) is 17.4 Å². The number of aryl methyl sites for hydroxylation is 1. The van der Waals surface area contributed by atoms with Gasteiger partial charge in [0.2, 0.25) is 5.82 Å². The number of hydrogen-bond donors (Lipinski definition) is 2. The molecule has 2 heterocycles. The van der Waals surface area contributed by atoms with Crippen molar-refractivity contribution < 1.29 is 23.1 Å². The molecule has 35 heavy (non-hydrogen) atoms. The summed E-state index contributed by atoms with van der Waals surface area (Å²) >= 11 is 0. The molecule has 1 aliphatic rings. The van der Waals surface area contributed by atoms with Crippen molar-refractivity contribution in [2.24, 2.45) is 5.92 Å². The molecule has 1 amide bonds. The largest absolute Gasteiger partial charge is 0.503 e. The van der Waals surface area contributed by atoms with Gasteiger partial charge in [0, 0.05) is 30.0 Å². The molecule has 2 aromatic carbocycles. The zero-order chi connectivity index (χ0) is 24.7. The minimum atomic E-state index is -1.77. The normalized spacial score (nSPS) is 18.2. The van der Waals surface area contributed by atoms with Gasteiger partial charge in [0.25, 0.3) is 5.91 Å². The Kier molecular flexibility index (Phi) is 5.96. The fourth-order valence-electron chi connectivity index (χ4n) is 4.63. The predicted octanol–water partition coefficient (Wildman–Crippen LogP) is 4.81. The molecular formula is C25H24F3N5O2. The Balaban J connectivity index is 1.19. The van der Waals surface area contributed by atoms with E-state index in [0.717, 1.165) is 48.0 Å². The summed E-state index contributed by atoms with van der Waals surface area (Å²) in [6.45, 7) is 2.21. The van der Waals surface area contributed by atoms with E-state index in [1.165, 1.54) is 0 Å². The minimum Gasteiger partial charge on any atom is -0.503 e. The average Bonchev–Trinajstić information content (AvgIpc) is 3.49. The molecule has 0 saturated heterocycles. The van der Waals surface area contributed by atoms with E-state index in [0.29, 0.717) is 6.07 Å². The van der Waals surface area contributed by atoms with Crippen molar-refractivity contribution in [3.8, 4) is 11.4 Å². The van der Waals surface area contributed by atoms with Crippen LogP contribution in [0, 0.1) is 30.3 Å². The summed E-state index contributed by atoms with van der Waals surface area (Å²) in [6.07, 6.45) is 9.14. The Hall–Kier alpha value is -3.82. The van der Waals surface area contributed by atoms with Crippen LogP contribution in [-0.4, -0.2) is 36.9 Å². The molecule has 0 unspecified atom stereocenters. The van der Waals surface area contributed by atoms with Crippen LogP contribution in [-0.2, 0) is 0 Å². The number of hydrogen-bond acceptors (Lipinski definition) is 4. The molecule has 0 radical (unpaired) electrons. The highest BCUT2D eigenvalue weighted by atomic mass is 19.2. The highest BCUT2D eigenvalue weighted by molar-refractivity contribution is 5.94. The van der Waals surface area contributed by atoms with Crippen LogP contribution in [0.2, 0.25) is 0 Å². The van der Waals surface area contributed by atoms with Crippen LogP contribution in [0.5, 0.6) is 5.75 Å². The Morgan fingerprint density at radius 2 is 1.89 bits per heavy atom. The number of nitrogens with one attached hydrogen (secondary N) is 1. The average molecular weight is 483 g/mol. The Morgan fingerprint density at radius 3 is 2.60 bits per heavy atom. The van der Waals surface area contributed by atoms with E-state index in [9.17, 15) is 18.0 Å². The molecule has 4 aromatic rings. The van der Waals surface area contributed by atoms with Crippen LogP contribution in [0.1, 0.15) is 47.8 Å². The fraction of sp³-hybridized carbons (Fsp3) is 0.320. The number of amides is 1. The Morgan fingerprint density at radius 1 is 1.11 bits per heavy atom. The summed E-state index contributed by atoms with van der Waals surface area (Å²) in [5, 5.41) is 17.5. The van der Waals surface area contributed by atoms with Crippen molar-refractivity contribution in [2.75, 3.05) is 6.54 Å². The van der Waals surface area contributed by atoms with Crippen LogP contribution in [0.25, 0.3) is 16.6 Å². The SMILES string of the molecule is Cc1cn(-c2ccc3cn([C@H]4CC[C@H](CNC(=O)c5cc(F)c(O)c(F)c5F)CC4)nc3c2)cn1. The van der Waals surface area contributed by atoms with Gasteiger partial charge in [-0.05, 0) is 62.8 Å². The standard InChI is InChI=1S/C25H24F3N5O2/c1-14-11-32(13-30-14)18-7-4-16-12-33(31-21(16)8-18)17-5-2-15(3-6-17)10-29-25(35)19-9-20(26)24(34)23(28)22(19)27/h4,7-9,11-13,15,17,34H,2-3,5-6,10H2,1H3,(H,29,35)/t15-,17-. The second-order valence-corrected chi connectivity index (χ2v) is 9.04. The number of benzene rings is 2. The van der Waals surface area contributed by atoms with E-state index in [1.807, 2.05) is 46.8 Å². The third-order valence-corrected chi connectivity index (χ3v) is 6.64. The molecule has 2 aromatic heterocycles. The van der Waals surface area contributed by atoms with Gasteiger partial charge in [0.1, 0.15) is 0 Å². The molecule has 7 nitrogen and oxygen atoms in total. The molecule has 2 N–H and O–H groups in total. The van der Waals surface area contributed by atoms with Gasteiger partial charge >= 0.3 is 0 Å². The number of phenolic OH excluding ortho intramolecular Hbond substituents is 1. The lowest BCUT2D eigenvalue weighted by Gasteiger charge is -2.28. The van der Waals surface area contributed by atoms with E-state index in [2.05, 4.69) is 10.3 Å². The van der Waals surface area contributed by atoms with Crippen molar-refractivity contribution in [3.05, 3.63) is 71.7 Å². The van der Waals surface area contributed by atoms with Crippen LogP contribution in [0.15, 0.2) is 43.0 Å². The lowest BCUT2D eigenvalue weighted by Crippen LogP contribution is -2.32. The number of aromatic hydroxyl groups is 1. The number of imidazole rings is 1. The molecular weight excluding hydrogens is 459 g/mol. The number of carbonyl (C=O) groups is 1. The maximum atomic E-state index is 13.9. The summed E-state index contributed by atoms with van der Waals surface area (Å²) in [7, 11) is 0. The summed E-state index contributed by atoms with van der Waals surface area (Å²) in [5.41, 5.74) is 2.07. The van der Waals surface area contributed by atoms with Crippen molar-refractivity contribution in [1.82, 2.24) is 24.6 Å². The second-order valence-electron chi connectivity index (χ2n) is 9.04. The first kappa shape index (κ1) is 22.9. The van der Waals surface area contributed by atoms with Gasteiger partial charge in [-0.15, -0.1) is 0 Å². The predicted molar refractivity (Wildman–Crippen MR) is 123 cm³/mol. The molecule has 5 rings (SSSR count). The quantitative estimate of drug-likeness (QED) is 0.399. The highest BCUT2D eigenvalue weighted by Crippen LogP contribution is 2.33. The minimum absolute atomic E-state index is 0.158. The van der Waals surface area contributed by atoms with Gasteiger partial charge < -0.3 is 15.0 Å². The van der Waals surface area contributed by atoms with Crippen LogP contribution in [0.3, 0.4) is 0 Å². The van der Waals surface area contributed by atoms with Gasteiger partial charge in [-0.2, -0.15) is 9.49 Å². The van der Waals surface area contributed by atoms with E-state index in [-0.39, 0.29) is 18.5 Å². The third kappa shape index (κ3) is 4.48. The summed E-state index contributed by atoms with van der Waals surface area (Å²) in [4.78, 5) is 16.5. The second kappa shape index (κ2) is 9.09. The van der Waals surface area contributed by atoms with Crippen molar-refractivity contribution >= 4 is 16.8 Å². The molecule has 10 heteroatoms. The fourth-order valence-corrected chi connectivity index (χ4v) is 4.63. The van der Waals surface area contributed by atoms with E-state index in [4.69, 9.17) is 10.2 Å². The monoisotopic (exact) mass is 483 g/mol. The van der Waals surface area contributed by atoms with Crippen molar-refractivity contribution in [3.63, 3.8) is 0 Å². The summed E-state index contributed by atoms with van der Waals surface area (Å²) in [6, 6.07) is 6.83. The zero-order valence-corrected chi connectivity index (χ0v) is 19.0. The maximum Gasteiger partial charge on any atom is 0.254 e. The van der Waals surface area contributed by atoms with Crippen LogP contribution >= 0.6 is 0 Å². The molecule has 1 fully saturated rings. The van der Waals surface area contributed by atoms with Gasteiger partial charge in [-0.3, -0.25) is 9.48 Å². The van der Waals surface area contributed by atoms with E-state index in [1.54, 1.807) is 6.33 Å². The third-order valence-electron chi connectivity index (χ3n) is 6.64. The maximum absolute atomic E-state index is 13.9. The summed E-state index contributed by atoms with van der Waals surface area (Å²) in [5.74, 6) is -6.90. The van der Waals surface area contributed by atoms with Crippen molar-refractivity contribution in [2.45, 2.75) is 38.6 Å². The number of aromatic nitrogens is 4. The number of fused-ring (bicyclic) bond motifs is 1. The molecule has 1 saturated carbocycles. The first-order valence-electron chi connectivity index (χ1n) is 11.4. The topological polar surface area (TPSA) is 85.0 Å². The smallest absolute Gasteiger partial charge is 0.254 e. The lowest BCUT2D eigenvalue weighted by atomic mass is 9.86. The van der Waals surface area contributed by atoms with E-state index >= 15 is 0 Å². The van der Waals surface area contributed by atoms with Gasteiger partial charge in [-0.25, -0.2) is 13.8 Å². The number of rotatable bonds is 5. The summed E-state index contributed by atoms with van der Waals surface area (Å²) < 4.78 is 44.9. The first-order valence-corrected chi connectivity index (χ1v) is 11.4. The lowest BCUT2D eigenvalue weighted by molar-refractivity contribution is 0.0935. The number of phenols is 1. The number of nitrogens with zero attached hydrogens (tertiary/aromatic N) is 4. The zero-order valence-electron chi connectivity index (χ0n) is 19.0. The van der Waals surface area contributed by atoms with Crippen LogP contribution < -0.4 is 5.32 Å². The highest BCUT2D eigenvalue weighted by Gasteiger charge is 2.26. The molecule has 182 valence electrons. The Bertz CT molecular complexity index is 1410. The van der Waals surface area contributed by atoms with Gasteiger partial charge in [0.05, 0.1) is 29.1 Å². The molecule has 1 aliphatic carbocycles. The molecule has 0 atom stereocenters. The van der Waals surface area contributed by atoms with Crippen LogP contribution in [0.4, 0.5) is 13.2 Å². The molecule has 0 aliphatic heterocycles. The van der Waals surface area contributed by atoms with Gasteiger partial charge in [-0.1, -0.05) is 0 Å². The first-order chi connectivity index (χ1) is 16.8. The number of carbonyl (C=O) groups excluding carboxylic acids is 1. The molecule has 0 bridgehead atoms. The van der Waals surface area contributed by atoms with Crippen molar-refractivity contribution in [1.29, 1.82) is 0 Å².